The highest BCUT2D eigenvalue weighted by atomic mass is 35.5. The Morgan fingerprint density at radius 2 is 1.41 bits per heavy atom. The first-order chi connectivity index (χ1) is 10.3. The number of hydrogen-bond acceptors (Lipinski definition) is 4. The molecule has 0 saturated heterocycles. The van der Waals surface area contributed by atoms with Gasteiger partial charge in [-0.05, 0) is 23.8 Å². The number of halogens is 1. The van der Waals surface area contributed by atoms with Gasteiger partial charge in [0.1, 0.15) is 17.2 Å². The molecule has 4 nitrogen and oxygen atoms in total. The molecule has 0 fully saturated rings. The molecule has 22 heavy (non-hydrogen) atoms. The van der Waals surface area contributed by atoms with Gasteiger partial charge in [-0.1, -0.05) is 18.2 Å². The second-order valence-electron chi connectivity index (χ2n) is 4.63. The van der Waals surface area contributed by atoms with E-state index in [0.717, 1.165) is 35.9 Å². The summed E-state index contributed by atoms with van der Waals surface area (Å²) in [5.41, 5.74) is 2.31. The molecule has 5 heteroatoms. The molecule has 0 atom stereocenters. The summed E-state index contributed by atoms with van der Waals surface area (Å²) in [6.07, 6.45) is 0. The molecule has 0 unspecified atom stereocenters. The van der Waals surface area contributed by atoms with Gasteiger partial charge in [0.15, 0.2) is 0 Å². The van der Waals surface area contributed by atoms with Crippen LogP contribution in [0.15, 0.2) is 42.5 Å². The maximum atomic E-state index is 5.38. The summed E-state index contributed by atoms with van der Waals surface area (Å²) < 4.78 is 15.7. The van der Waals surface area contributed by atoms with E-state index in [1.807, 2.05) is 30.3 Å². The largest absolute Gasteiger partial charge is 0.497 e. The van der Waals surface area contributed by atoms with Crippen molar-refractivity contribution in [3.63, 3.8) is 0 Å². The summed E-state index contributed by atoms with van der Waals surface area (Å²) >= 11 is 0. The number of ether oxygens (including phenoxy) is 3. The number of nitrogens with one attached hydrogen (secondary N) is 1. The lowest BCUT2D eigenvalue weighted by Crippen LogP contribution is -2.13. The van der Waals surface area contributed by atoms with E-state index in [-0.39, 0.29) is 12.4 Å². The molecule has 0 spiro atoms. The van der Waals surface area contributed by atoms with Crippen molar-refractivity contribution in [3.05, 3.63) is 53.6 Å². The first kappa shape index (κ1) is 18.1. The van der Waals surface area contributed by atoms with E-state index in [1.54, 1.807) is 21.3 Å². The Balaban J connectivity index is 0.00000242. The first-order valence-electron chi connectivity index (χ1n) is 6.81. The van der Waals surface area contributed by atoms with Gasteiger partial charge in [0, 0.05) is 24.7 Å². The van der Waals surface area contributed by atoms with Gasteiger partial charge in [-0.3, -0.25) is 0 Å². The molecule has 0 saturated carbocycles. The minimum absolute atomic E-state index is 0. The maximum absolute atomic E-state index is 5.38. The molecule has 0 aromatic heterocycles. The Morgan fingerprint density at radius 3 is 2.00 bits per heavy atom. The molecule has 0 aliphatic heterocycles. The third-order valence-electron chi connectivity index (χ3n) is 3.30. The predicted octanol–water partition coefficient (Wildman–Crippen LogP) is 3.42. The van der Waals surface area contributed by atoms with E-state index in [4.69, 9.17) is 14.2 Å². The zero-order chi connectivity index (χ0) is 15.1. The van der Waals surface area contributed by atoms with Crippen molar-refractivity contribution in [2.24, 2.45) is 0 Å². The first-order valence-corrected chi connectivity index (χ1v) is 6.81. The molecule has 0 bridgehead atoms. The van der Waals surface area contributed by atoms with Gasteiger partial charge in [0.25, 0.3) is 0 Å². The predicted molar refractivity (Wildman–Crippen MR) is 90.3 cm³/mol. The fourth-order valence-electron chi connectivity index (χ4n) is 2.08. The molecule has 0 aliphatic carbocycles. The summed E-state index contributed by atoms with van der Waals surface area (Å²) in [7, 11) is 4.99. The molecule has 0 aliphatic rings. The van der Waals surface area contributed by atoms with E-state index < -0.39 is 0 Å². The fraction of sp³-hybridized carbons (Fsp3) is 0.294. The third-order valence-corrected chi connectivity index (χ3v) is 3.30. The normalized spacial score (nSPS) is 9.77. The molecular formula is C17H22ClNO3. The van der Waals surface area contributed by atoms with Crippen LogP contribution in [-0.4, -0.2) is 21.3 Å². The fourth-order valence-corrected chi connectivity index (χ4v) is 2.08. The van der Waals surface area contributed by atoms with Gasteiger partial charge >= 0.3 is 0 Å². The van der Waals surface area contributed by atoms with Crippen molar-refractivity contribution in [2.75, 3.05) is 21.3 Å². The number of rotatable bonds is 7. The standard InChI is InChI=1S/C17H21NO3.ClH/c1-19-15-7-4-13(5-8-15)11-18-12-14-6-9-16(20-2)10-17(14)21-3;/h4-10,18H,11-12H2,1-3H3;1H. The lowest BCUT2D eigenvalue weighted by atomic mass is 10.1. The Bertz CT molecular complexity index is 573. The van der Waals surface area contributed by atoms with Crippen LogP contribution in [0.3, 0.4) is 0 Å². The van der Waals surface area contributed by atoms with Crippen molar-refractivity contribution in [3.8, 4) is 17.2 Å². The van der Waals surface area contributed by atoms with Gasteiger partial charge in [0.2, 0.25) is 0 Å². The molecule has 2 aromatic rings. The van der Waals surface area contributed by atoms with Gasteiger partial charge in [0.05, 0.1) is 21.3 Å². The average molecular weight is 324 g/mol. The highest BCUT2D eigenvalue weighted by molar-refractivity contribution is 5.85. The Hall–Kier alpha value is -1.91. The average Bonchev–Trinajstić information content (AvgIpc) is 2.55. The van der Waals surface area contributed by atoms with Crippen molar-refractivity contribution in [1.82, 2.24) is 5.32 Å². The minimum atomic E-state index is 0. The summed E-state index contributed by atoms with van der Waals surface area (Å²) in [5, 5.41) is 3.41. The number of methoxy groups -OCH3 is 3. The van der Waals surface area contributed by atoms with E-state index in [0.29, 0.717) is 0 Å². The third kappa shape index (κ3) is 4.83. The highest BCUT2D eigenvalue weighted by Crippen LogP contribution is 2.24. The lowest BCUT2D eigenvalue weighted by molar-refractivity contribution is 0.390. The van der Waals surface area contributed by atoms with Gasteiger partial charge in [-0.2, -0.15) is 0 Å². The maximum Gasteiger partial charge on any atom is 0.127 e. The topological polar surface area (TPSA) is 39.7 Å². The van der Waals surface area contributed by atoms with Gasteiger partial charge < -0.3 is 19.5 Å². The Labute approximate surface area is 137 Å². The molecule has 2 rings (SSSR count). The highest BCUT2D eigenvalue weighted by Gasteiger charge is 2.04. The number of benzene rings is 2. The minimum Gasteiger partial charge on any atom is -0.497 e. The van der Waals surface area contributed by atoms with Gasteiger partial charge in [-0.25, -0.2) is 0 Å². The van der Waals surface area contributed by atoms with Crippen LogP contribution in [0.2, 0.25) is 0 Å². The van der Waals surface area contributed by atoms with Crippen LogP contribution in [0.25, 0.3) is 0 Å². The van der Waals surface area contributed by atoms with Crippen LogP contribution in [-0.2, 0) is 13.1 Å². The van der Waals surface area contributed by atoms with Crippen LogP contribution >= 0.6 is 12.4 Å². The smallest absolute Gasteiger partial charge is 0.127 e. The Morgan fingerprint density at radius 1 is 0.773 bits per heavy atom. The van der Waals surface area contributed by atoms with Crippen LogP contribution in [0, 0.1) is 0 Å². The molecule has 1 N–H and O–H groups in total. The molecular weight excluding hydrogens is 302 g/mol. The number of hydrogen-bond donors (Lipinski definition) is 1. The summed E-state index contributed by atoms with van der Waals surface area (Å²) in [5.74, 6) is 2.50. The van der Waals surface area contributed by atoms with E-state index in [1.165, 1.54) is 5.56 Å². The zero-order valence-electron chi connectivity index (χ0n) is 13.1. The Kier molecular flexibility index (Phi) is 7.57. The second-order valence-corrected chi connectivity index (χ2v) is 4.63. The lowest BCUT2D eigenvalue weighted by Gasteiger charge is -2.11. The van der Waals surface area contributed by atoms with Crippen molar-refractivity contribution in [1.29, 1.82) is 0 Å². The second kappa shape index (κ2) is 9.18. The van der Waals surface area contributed by atoms with E-state index in [9.17, 15) is 0 Å². The summed E-state index contributed by atoms with van der Waals surface area (Å²) in [6.45, 7) is 1.53. The van der Waals surface area contributed by atoms with Crippen molar-refractivity contribution >= 4 is 12.4 Å². The molecule has 0 amide bonds. The monoisotopic (exact) mass is 323 g/mol. The molecule has 2 aromatic carbocycles. The van der Waals surface area contributed by atoms with Crippen LogP contribution < -0.4 is 19.5 Å². The van der Waals surface area contributed by atoms with Crippen molar-refractivity contribution < 1.29 is 14.2 Å². The van der Waals surface area contributed by atoms with Crippen LogP contribution in [0.1, 0.15) is 11.1 Å². The van der Waals surface area contributed by atoms with Gasteiger partial charge in [-0.15, -0.1) is 12.4 Å². The summed E-state index contributed by atoms with van der Waals surface area (Å²) in [4.78, 5) is 0. The molecule has 0 radical (unpaired) electrons. The molecule has 0 heterocycles. The van der Waals surface area contributed by atoms with E-state index in [2.05, 4.69) is 17.4 Å². The SMILES string of the molecule is COc1ccc(CNCc2ccc(OC)cc2OC)cc1.Cl. The van der Waals surface area contributed by atoms with Crippen molar-refractivity contribution in [2.45, 2.75) is 13.1 Å². The quantitative estimate of drug-likeness (QED) is 0.847. The zero-order valence-corrected chi connectivity index (χ0v) is 13.9. The van der Waals surface area contributed by atoms with E-state index >= 15 is 0 Å². The van der Waals surface area contributed by atoms with Crippen LogP contribution in [0.5, 0.6) is 17.2 Å². The van der Waals surface area contributed by atoms with Crippen LogP contribution in [0.4, 0.5) is 0 Å². The molecule has 120 valence electrons. The summed E-state index contributed by atoms with van der Waals surface area (Å²) in [6, 6.07) is 13.9.